The number of ether oxygens (including phenoxy) is 2. The van der Waals surface area contributed by atoms with Gasteiger partial charge < -0.3 is 9.47 Å². The van der Waals surface area contributed by atoms with Crippen molar-refractivity contribution in [2.75, 3.05) is 26.7 Å². The van der Waals surface area contributed by atoms with Crippen LogP contribution in [0.1, 0.15) is 39.0 Å². The van der Waals surface area contributed by atoms with E-state index in [0.717, 1.165) is 26.1 Å². The third-order valence-electron chi connectivity index (χ3n) is 4.78. The summed E-state index contributed by atoms with van der Waals surface area (Å²) >= 11 is 0. The number of hydrogen-bond acceptors (Lipinski definition) is 5. The van der Waals surface area contributed by atoms with Gasteiger partial charge in [-0.3, -0.25) is 15.0 Å². The van der Waals surface area contributed by atoms with Gasteiger partial charge in [0.25, 0.3) is 0 Å². The van der Waals surface area contributed by atoms with Gasteiger partial charge in [-0.1, -0.05) is 0 Å². The second-order valence-corrected chi connectivity index (χ2v) is 6.71. The van der Waals surface area contributed by atoms with Gasteiger partial charge in [0.2, 0.25) is 0 Å². The SMILES string of the molecule is COC(=O)C(C)(CCN1CC2CCC(C1)O2)NC1CC1. The highest BCUT2D eigenvalue weighted by Gasteiger charge is 2.40. The van der Waals surface area contributed by atoms with Crippen molar-refractivity contribution in [3.8, 4) is 0 Å². The molecule has 2 aliphatic heterocycles. The molecular weight excluding hydrogens is 256 g/mol. The molecule has 0 aromatic heterocycles. The molecule has 0 aromatic rings. The average molecular weight is 282 g/mol. The second kappa shape index (κ2) is 5.62. The summed E-state index contributed by atoms with van der Waals surface area (Å²) in [6.07, 6.45) is 6.35. The van der Waals surface area contributed by atoms with Crippen LogP contribution in [0.2, 0.25) is 0 Å². The van der Waals surface area contributed by atoms with Crippen LogP contribution in [0.5, 0.6) is 0 Å². The predicted octanol–water partition coefficient (Wildman–Crippen LogP) is 0.923. The van der Waals surface area contributed by atoms with E-state index in [0.29, 0.717) is 18.2 Å². The van der Waals surface area contributed by atoms with Gasteiger partial charge in [-0.25, -0.2) is 0 Å². The Morgan fingerprint density at radius 1 is 1.30 bits per heavy atom. The molecule has 1 N–H and O–H groups in total. The summed E-state index contributed by atoms with van der Waals surface area (Å²) in [5, 5.41) is 3.46. The number of methoxy groups -OCH3 is 1. The molecule has 2 saturated heterocycles. The number of morpholine rings is 1. The van der Waals surface area contributed by atoms with Crippen molar-refractivity contribution in [2.45, 2.75) is 62.8 Å². The van der Waals surface area contributed by atoms with E-state index in [2.05, 4.69) is 10.2 Å². The first-order valence-corrected chi connectivity index (χ1v) is 7.83. The summed E-state index contributed by atoms with van der Waals surface area (Å²) in [6.45, 7) is 4.93. The van der Waals surface area contributed by atoms with Gasteiger partial charge >= 0.3 is 5.97 Å². The first-order chi connectivity index (χ1) is 9.59. The van der Waals surface area contributed by atoms with Gasteiger partial charge in [-0.2, -0.15) is 0 Å². The van der Waals surface area contributed by atoms with Crippen molar-refractivity contribution >= 4 is 5.97 Å². The van der Waals surface area contributed by atoms with Gasteiger partial charge in [0, 0.05) is 25.7 Å². The van der Waals surface area contributed by atoms with E-state index in [1.165, 1.54) is 32.8 Å². The molecule has 20 heavy (non-hydrogen) atoms. The van der Waals surface area contributed by atoms with E-state index < -0.39 is 5.54 Å². The molecule has 5 nitrogen and oxygen atoms in total. The van der Waals surface area contributed by atoms with Crippen LogP contribution in [0.3, 0.4) is 0 Å². The third-order valence-corrected chi connectivity index (χ3v) is 4.78. The van der Waals surface area contributed by atoms with Crippen LogP contribution >= 0.6 is 0 Å². The van der Waals surface area contributed by atoms with Crippen molar-refractivity contribution in [3.63, 3.8) is 0 Å². The first kappa shape index (κ1) is 14.3. The fourth-order valence-electron chi connectivity index (χ4n) is 3.40. The molecule has 3 fully saturated rings. The monoisotopic (exact) mass is 282 g/mol. The number of hydrogen-bond donors (Lipinski definition) is 1. The average Bonchev–Trinajstić information content (AvgIpc) is 3.19. The topological polar surface area (TPSA) is 50.8 Å². The van der Waals surface area contributed by atoms with Crippen LogP contribution in [0, 0.1) is 0 Å². The van der Waals surface area contributed by atoms with Gasteiger partial charge in [0.05, 0.1) is 19.3 Å². The summed E-state index contributed by atoms with van der Waals surface area (Å²) in [6, 6.07) is 0.500. The normalized spacial score (nSPS) is 32.9. The molecule has 2 bridgehead atoms. The highest BCUT2D eigenvalue weighted by Crippen LogP contribution is 2.28. The van der Waals surface area contributed by atoms with Gasteiger partial charge in [0.15, 0.2) is 0 Å². The predicted molar refractivity (Wildman–Crippen MR) is 75.5 cm³/mol. The smallest absolute Gasteiger partial charge is 0.325 e. The largest absolute Gasteiger partial charge is 0.468 e. The fourth-order valence-corrected chi connectivity index (χ4v) is 3.40. The van der Waals surface area contributed by atoms with Crippen LogP contribution in [-0.2, 0) is 14.3 Å². The molecule has 1 aliphatic carbocycles. The van der Waals surface area contributed by atoms with E-state index in [-0.39, 0.29) is 5.97 Å². The summed E-state index contributed by atoms with van der Waals surface area (Å²) < 4.78 is 10.8. The molecule has 0 amide bonds. The maximum Gasteiger partial charge on any atom is 0.325 e. The Hall–Kier alpha value is -0.650. The molecule has 3 atom stereocenters. The van der Waals surface area contributed by atoms with Crippen LogP contribution in [0.15, 0.2) is 0 Å². The number of nitrogens with one attached hydrogen (secondary N) is 1. The van der Waals surface area contributed by atoms with Crippen molar-refractivity contribution in [2.24, 2.45) is 0 Å². The molecule has 1 saturated carbocycles. The second-order valence-electron chi connectivity index (χ2n) is 6.71. The number of rotatable bonds is 6. The minimum absolute atomic E-state index is 0.138. The van der Waals surface area contributed by atoms with E-state index in [1.807, 2.05) is 6.92 Å². The molecule has 114 valence electrons. The fraction of sp³-hybridized carbons (Fsp3) is 0.933. The molecule has 2 heterocycles. The van der Waals surface area contributed by atoms with Crippen molar-refractivity contribution in [3.05, 3.63) is 0 Å². The Balaban J connectivity index is 1.54. The minimum atomic E-state index is -0.548. The Labute approximate surface area is 121 Å². The lowest BCUT2D eigenvalue weighted by Crippen LogP contribution is -2.54. The van der Waals surface area contributed by atoms with Crippen LogP contribution in [-0.4, -0.2) is 61.4 Å². The van der Waals surface area contributed by atoms with Crippen LogP contribution in [0.4, 0.5) is 0 Å². The lowest BCUT2D eigenvalue weighted by atomic mass is 9.97. The maximum absolute atomic E-state index is 12.1. The molecule has 5 heteroatoms. The molecule has 3 unspecified atom stereocenters. The molecule has 3 rings (SSSR count). The van der Waals surface area contributed by atoms with Crippen LogP contribution < -0.4 is 5.32 Å². The number of esters is 1. The van der Waals surface area contributed by atoms with E-state index in [4.69, 9.17) is 9.47 Å². The van der Waals surface area contributed by atoms with Gasteiger partial charge in [0.1, 0.15) is 5.54 Å². The number of nitrogens with zero attached hydrogens (tertiary/aromatic N) is 1. The molecule has 0 spiro atoms. The highest BCUT2D eigenvalue weighted by molar-refractivity contribution is 5.80. The number of fused-ring (bicyclic) bond motifs is 2. The van der Waals surface area contributed by atoms with Crippen molar-refractivity contribution in [1.82, 2.24) is 10.2 Å². The summed E-state index contributed by atoms with van der Waals surface area (Å²) in [5.74, 6) is -0.138. The minimum Gasteiger partial charge on any atom is -0.468 e. The van der Waals surface area contributed by atoms with Crippen molar-refractivity contribution in [1.29, 1.82) is 0 Å². The summed E-state index contributed by atoms with van der Waals surface area (Å²) in [5.41, 5.74) is -0.548. The lowest BCUT2D eigenvalue weighted by Gasteiger charge is -2.35. The van der Waals surface area contributed by atoms with E-state index >= 15 is 0 Å². The molecule has 0 aromatic carbocycles. The van der Waals surface area contributed by atoms with Crippen molar-refractivity contribution < 1.29 is 14.3 Å². The Kier molecular flexibility index (Phi) is 4.02. The summed E-state index contributed by atoms with van der Waals surface area (Å²) in [4.78, 5) is 14.5. The number of carbonyl (C=O) groups is 1. The zero-order valence-electron chi connectivity index (χ0n) is 12.6. The Bertz CT molecular complexity index is 360. The van der Waals surface area contributed by atoms with E-state index in [9.17, 15) is 4.79 Å². The Morgan fingerprint density at radius 2 is 1.95 bits per heavy atom. The standard InChI is InChI=1S/C15H26N2O3/c1-15(14(18)19-2,16-11-3-4-11)7-8-17-9-12-5-6-13(10-17)20-12/h11-13,16H,3-10H2,1-2H3. The van der Waals surface area contributed by atoms with Crippen LogP contribution in [0.25, 0.3) is 0 Å². The lowest BCUT2D eigenvalue weighted by molar-refractivity contribution is -0.148. The zero-order chi connectivity index (χ0) is 14.2. The third kappa shape index (κ3) is 3.15. The van der Waals surface area contributed by atoms with Gasteiger partial charge in [-0.15, -0.1) is 0 Å². The van der Waals surface area contributed by atoms with E-state index in [1.54, 1.807) is 0 Å². The van der Waals surface area contributed by atoms with Gasteiger partial charge in [-0.05, 0) is 39.0 Å². The quantitative estimate of drug-likeness (QED) is 0.734. The number of carbonyl (C=O) groups excluding carboxylic acids is 1. The molecular formula is C15H26N2O3. The molecule has 3 aliphatic rings. The number of likely N-dealkylation sites (tertiary alicyclic amines) is 1. The maximum atomic E-state index is 12.1. The molecule has 0 radical (unpaired) electrons. The summed E-state index contributed by atoms with van der Waals surface area (Å²) in [7, 11) is 1.48. The Morgan fingerprint density at radius 3 is 2.50 bits per heavy atom. The zero-order valence-corrected chi connectivity index (χ0v) is 12.6. The highest BCUT2D eigenvalue weighted by atomic mass is 16.5. The first-order valence-electron chi connectivity index (χ1n) is 7.83.